The van der Waals surface area contributed by atoms with Crippen molar-refractivity contribution < 1.29 is 15.0 Å². The molecule has 1 aromatic carbocycles. The summed E-state index contributed by atoms with van der Waals surface area (Å²) in [6, 6.07) is 6.50. The van der Waals surface area contributed by atoms with Gasteiger partial charge in [-0.2, -0.15) is 11.8 Å². The molecule has 0 amide bonds. The van der Waals surface area contributed by atoms with Crippen LogP contribution in [0.5, 0.6) is 5.75 Å². The predicted molar refractivity (Wildman–Crippen MR) is 69.1 cm³/mol. The Kier molecular flexibility index (Phi) is 4.10. The van der Waals surface area contributed by atoms with Gasteiger partial charge < -0.3 is 10.2 Å². The van der Waals surface area contributed by atoms with Gasteiger partial charge in [0.05, 0.1) is 6.42 Å². The van der Waals surface area contributed by atoms with E-state index in [1.165, 1.54) is 11.8 Å². The van der Waals surface area contributed by atoms with E-state index in [4.69, 9.17) is 5.11 Å². The number of carbonyl (C=O) groups is 1. The predicted octanol–water partition coefficient (Wildman–Crippen LogP) is 2.59. The maximum absolute atomic E-state index is 10.5. The fourth-order valence-electron chi connectivity index (χ4n) is 1.57. The van der Waals surface area contributed by atoms with Crippen molar-refractivity contribution in [3.63, 3.8) is 0 Å². The van der Waals surface area contributed by atoms with Gasteiger partial charge in [0.15, 0.2) is 0 Å². The lowest BCUT2D eigenvalue weighted by Crippen LogP contribution is -2.22. The minimum atomic E-state index is -0.906. The van der Waals surface area contributed by atoms with E-state index in [-0.39, 0.29) is 12.2 Å². The number of carboxylic acid groups (broad SMARTS) is 1. The van der Waals surface area contributed by atoms with Crippen molar-refractivity contribution in [3.05, 3.63) is 29.8 Å². The summed E-state index contributed by atoms with van der Waals surface area (Å²) in [5, 5.41) is 33.0. The summed E-state index contributed by atoms with van der Waals surface area (Å²) in [5.74, 6) is 0.253. The molecular formula is C11H12N4O3S. The minimum Gasteiger partial charge on any atom is -0.508 e. The molecule has 0 saturated heterocycles. The van der Waals surface area contributed by atoms with E-state index in [1.807, 2.05) is 0 Å². The number of phenolic OH excluding ortho intramolecular Hbond substituents is 1. The van der Waals surface area contributed by atoms with Crippen molar-refractivity contribution in [2.45, 2.75) is 12.1 Å². The van der Waals surface area contributed by atoms with Crippen LogP contribution >= 0.6 is 11.8 Å². The average molecular weight is 280 g/mol. The first-order chi connectivity index (χ1) is 9.12. The Balaban J connectivity index is 2.06. The number of nitrogens with zero attached hydrogens (tertiary/aromatic N) is 4. The van der Waals surface area contributed by atoms with Gasteiger partial charge >= 0.3 is 5.97 Å². The first kappa shape index (κ1) is 13.5. The number of carboxylic acids is 1. The highest BCUT2D eigenvalue weighted by Crippen LogP contribution is 2.36. The Hall–Kier alpha value is -1.96. The average Bonchev–Trinajstić information content (AvgIpc) is 2.85. The van der Waals surface area contributed by atoms with Gasteiger partial charge in [0, 0.05) is 17.1 Å². The normalized spacial score (nSPS) is 15.8. The van der Waals surface area contributed by atoms with Crippen LogP contribution in [0.15, 0.2) is 44.9 Å². The van der Waals surface area contributed by atoms with Crippen molar-refractivity contribution in [1.82, 2.24) is 0 Å². The number of hydrogen-bond acceptors (Lipinski definition) is 7. The topological polar surface area (TPSA) is 107 Å². The molecule has 8 heteroatoms. The maximum Gasteiger partial charge on any atom is 0.304 e. The molecule has 1 aliphatic heterocycles. The lowest BCUT2D eigenvalue weighted by molar-refractivity contribution is -0.136. The van der Waals surface area contributed by atoms with E-state index >= 15 is 0 Å². The Labute approximate surface area is 113 Å². The molecule has 7 nitrogen and oxygen atoms in total. The number of benzene rings is 1. The molecule has 0 fully saturated rings. The maximum atomic E-state index is 10.5. The van der Waals surface area contributed by atoms with Gasteiger partial charge in [0.2, 0.25) is 5.66 Å². The van der Waals surface area contributed by atoms with Crippen LogP contribution in [0.3, 0.4) is 0 Å². The molecule has 0 radical (unpaired) electrons. The number of phenols is 1. The second-order valence-corrected chi connectivity index (χ2v) is 5.04. The Morgan fingerprint density at radius 3 is 2.42 bits per heavy atom. The number of aromatic hydroxyl groups is 1. The van der Waals surface area contributed by atoms with Crippen LogP contribution in [0.25, 0.3) is 0 Å². The Bertz CT molecular complexity index is 503. The van der Waals surface area contributed by atoms with E-state index in [0.717, 1.165) is 5.56 Å². The zero-order chi connectivity index (χ0) is 13.7. The molecule has 0 spiro atoms. The molecule has 0 saturated carbocycles. The van der Waals surface area contributed by atoms with E-state index < -0.39 is 11.6 Å². The standard InChI is InChI=1S/C11H12N4O3S/c16-9-3-1-8(2-4-9)11(12-14-15-13-11)7-19-6-5-10(17)18/h1-4,16H,5-7H2,(H,17,18). The van der Waals surface area contributed by atoms with Crippen molar-refractivity contribution in [3.8, 4) is 5.75 Å². The van der Waals surface area contributed by atoms with E-state index in [2.05, 4.69) is 20.7 Å². The van der Waals surface area contributed by atoms with Gasteiger partial charge in [-0.15, -0.1) is 10.2 Å². The van der Waals surface area contributed by atoms with Crippen LogP contribution < -0.4 is 0 Å². The molecular weight excluding hydrogens is 268 g/mol. The quantitative estimate of drug-likeness (QED) is 0.781. The zero-order valence-electron chi connectivity index (χ0n) is 9.93. The SMILES string of the molecule is O=C(O)CCSCC1(c2ccc(O)cc2)N=NN=N1. The smallest absolute Gasteiger partial charge is 0.304 e. The van der Waals surface area contributed by atoms with E-state index in [1.54, 1.807) is 24.3 Å². The summed E-state index contributed by atoms with van der Waals surface area (Å²) < 4.78 is 0. The molecule has 100 valence electrons. The first-order valence-electron chi connectivity index (χ1n) is 5.55. The van der Waals surface area contributed by atoms with E-state index in [0.29, 0.717) is 11.5 Å². The van der Waals surface area contributed by atoms with Gasteiger partial charge in [-0.1, -0.05) is 12.1 Å². The molecule has 0 aromatic heterocycles. The molecule has 19 heavy (non-hydrogen) atoms. The fourth-order valence-corrected chi connectivity index (χ4v) is 2.60. The highest BCUT2D eigenvalue weighted by molar-refractivity contribution is 7.99. The zero-order valence-corrected chi connectivity index (χ0v) is 10.7. The minimum absolute atomic E-state index is 0.0879. The molecule has 0 atom stereocenters. The molecule has 1 aliphatic rings. The lowest BCUT2D eigenvalue weighted by Gasteiger charge is -2.19. The summed E-state index contributed by atoms with van der Waals surface area (Å²) >= 11 is 1.43. The summed E-state index contributed by atoms with van der Waals surface area (Å²) in [6.45, 7) is 0. The second kappa shape index (κ2) is 5.79. The van der Waals surface area contributed by atoms with Crippen LogP contribution in [0.4, 0.5) is 0 Å². The van der Waals surface area contributed by atoms with Crippen molar-refractivity contribution in [2.75, 3.05) is 11.5 Å². The largest absolute Gasteiger partial charge is 0.508 e. The Morgan fingerprint density at radius 2 is 1.84 bits per heavy atom. The van der Waals surface area contributed by atoms with Crippen LogP contribution in [-0.4, -0.2) is 27.7 Å². The molecule has 1 heterocycles. The molecule has 0 unspecified atom stereocenters. The van der Waals surface area contributed by atoms with E-state index in [9.17, 15) is 9.90 Å². The van der Waals surface area contributed by atoms with Crippen molar-refractivity contribution >= 4 is 17.7 Å². The van der Waals surface area contributed by atoms with Gasteiger partial charge in [-0.05, 0) is 22.6 Å². The molecule has 2 N–H and O–H groups in total. The lowest BCUT2D eigenvalue weighted by atomic mass is 10.0. The summed E-state index contributed by atoms with van der Waals surface area (Å²) in [5.41, 5.74) is -0.144. The van der Waals surface area contributed by atoms with Gasteiger partial charge in [0.25, 0.3) is 0 Å². The van der Waals surface area contributed by atoms with Crippen LogP contribution in [0.2, 0.25) is 0 Å². The van der Waals surface area contributed by atoms with Crippen LogP contribution in [0, 0.1) is 0 Å². The molecule has 0 bridgehead atoms. The summed E-state index contributed by atoms with van der Waals surface area (Å²) in [7, 11) is 0. The molecule has 1 aromatic rings. The second-order valence-electron chi connectivity index (χ2n) is 3.94. The third-order valence-electron chi connectivity index (χ3n) is 2.55. The number of rotatable bonds is 6. The summed E-state index contributed by atoms with van der Waals surface area (Å²) in [6.07, 6.45) is 0.0879. The van der Waals surface area contributed by atoms with Gasteiger partial charge in [0.1, 0.15) is 5.75 Å². The molecule has 0 aliphatic carbocycles. The number of aliphatic carboxylic acids is 1. The monoisotopic (exact) mass is 280 g/mol. The third-order valence-corrected chi connectivity index (χ3v) is 3.65. The van der Waals surface area contributed by atoms with Crippen LogP contribution in [-0.2, 0) is 10.5 Å². The fraction of sp³-hybridized carbons (Fsp3) is 0.364. The summed E-state index contributed by atoms with van der Waals surface area (Å²) in [4.78, 5) is 10.5. The third kappa shape index (κ3) is 3.28. The van der Waals surface area contributed by atoms with Gasteiger partial charge in [-0.25, -0.2) is 0 Å². The first-order valence-corrected chi connectivity index (χ1v) is 6.71. The van der Waals surface area contributed by atoms with Crippen LogP contribution in [0.1, 0.15) is 12.0 Å². The number of hydrogen-bond donors (Lipinski definition) is 2. The van der Waals surface area contributed by atoms with Crippen molar-refractivity contribution in [2.24, 2.45) is 20.7 Å². The van der Waals surface area contributed by atoms with Gasteiger partial charge in [-0.3, -0.25) is 4.79 Å². The Morgan fingerprint density at radius 1 is 1.21 bits per heavy atom. The van der Waals surface area contributed by atoms with Crippen molar-refractivity contribution in [1.29, 1.82) is 0 Å². The number of thioether (sulfide) groups is 1. The highest BCUT2D eigenvalue weighted by atomic mass is 32.2. The molecule has 2 rings (SSSR count). The highest BCUT2D eigenvalue weighted by Gasteiger charge is 2.35.